The Labute approximate surface area is 190 Å². The third-order valence-electron chi connectivity index (χ3n) is 4.71. The van der Waals surface area contributed by atoms with E-state index in [2.05, 4.69) is 20.8 Å². The van der Waals surface area contributed by atoms with Gasteiger partial charge < -0.3 is 15.2 Å². The molecule has 162 valence electrons. The Morgan fingerprint density at radius 3 is 2.58 bits per heavy atom. The number of amides is 2. The number of nitrogens with one attached hydrogen (secondary N) is 2. The molecule has 1 aromatic heterocycles. The summed E-state index contributed by atoms with van der Waals surface area (Å²) in [5, 5.41) is 15.5. The van der Waals surface area contributed by atoms with Crippen LogP contribution in [0.4, 0.5) is 5.69 Å². The summed E-state index contributed by atoms with van der Waals surface area (Å²) in [6.07, 6.45) is 0. The van der Waals surface area contributed by atoms with Gasteiger partial charge >= 0.3 is 0 Å². The number of carbonyl (C=O) groups is 2. The molecule has 0 spiro atoms. The summed E-state index contributed by atoms with van der Waals surface area (Å²) in [7, 11) is 0. The Hall–Kier alpha value is -2.84. The predicted octanol–water partition coefficient (Wildman–Crippen LogP) is 4.48. The highest BCUT2D eigenvalue weighted by Gasteiger charge is 2.20. The minimum atomic E-state index is -0.336. The number of carbonyl (C=O) groups excluding carboxylic acids is 2. The summed E-state index contributed by atoms with van der Waals surface area (Å²) in [5.41, 5.74) is 2.09. The van der Waals surface area contributed by atoms with E-state index in [1.165, 1.54) is 11.8 Å². The van der Waals surface area contributed by atoms with Crippen LogP contribution >= 0.6 is 23.4 Å². The normalized spacial score (nSPS) is 11.7. The number of benzene rings is 2. The van der Waals surface area contributed by atoms with Gasteiger partial charge in [0.25, 0.3) is 5.91 Å². The molecule has 9 heteroatoms. The highest BCUT2D eigenvalue weighted by molar-refractivity contribution is 7.99. The molecule has 0 aliphatic rings. The summed E-state index contributed by atoms with van der Waals surface area (Å²) in [6, 6.07) is 14.1. The van der Waals surface area contributed by atoms with Crippen LogP contribution in [-0.2, 0) is 11.3 Å². The van der Waals surface area contributed by atoms with Gasteiger partial charge in [0.2, 0.25) is 5.91 Å². The molecule has 0 unspecified atom stereocenters. The van der Waals surface area contributed by atoms with Crippen molar-refractivity contribution in [3.05, 3.63) is 70.5 Å². The molecule has 0 saturated heterocycles. The zero-order chi connectivity index (χ0) is 22.4. The molecule has 3 aromatic rings. The van der Waals surface area contributed by atoms with Crippen molar-refractivity contribution in [2.45, 2.75) is 38.5 Å². The molecular formula is C22H24ClN5O2S. The lowest BCUT2D eigenvalue weighted by Crippen LogP contribution is -2.28. The Morgan fingerprint density at radius 2 is 1.87 bits per heavy atom. The molecule has 1 atom stereocenters. The monoisotopic (exact) mass is 457 g/mol. The van der Waals surface area contributed by atoms with Crippen molar-refractivity contribution in [3.8, 4) is 0 Å². The summed E-state index contributed by atoms with van der Waals surface area (Å²) < 4.78 is 1.90. The van der Waals surface area contributed by atoms with Gasteiger partial charge in [0.05, 0.1) is 11.8 Å². The van der Waals surface area contributed by atoms with Gasteiger partial charge in [0.1, 0.15) is 0 Å². The van der Waals surface area contributed by atoms with Crippen LogP contribution in [0.1, 0.15) is 41.6 Å². The lowest BCUT2D eigenvalue weighted by Gasteiger charge is -2.15. The van der Waals surface area contributed by atoms with Gasteiger partial charge in [-0.3, -0.25) is 9.59 Å². The fourth-order valence-electron chi connectivity index (χ4n) is 3.02. The summed E-state index contributed by atoms with van der Waals surface area (Å²) >= 11 is 7.40. The van der Waals surface area contributed by atoms with E-state index < -0.39 is 0 Å². The van der Waals surface area contributed by atoms with Gasteiger partial charge in [-0.05, 0) is 50.6 Å². The first-order valence-electron chi connectivity index (χ1n) is 9.87. The number of rotatable bonds is 8. The topological polar surface area (TPSA) is 88.9 Å². The first-order chi connectivity index (χ1) is 14.9. The van der Waals surface area contributed by atoms with Crippen LogP contribution in [0, 0.1) is 6.92 Å². The quantitative estimate of drug-likeness (QED) is 0.487. The fraction of sp³-hybridized carbons (Fsp3) is 0.273. The summed E-state index contributed by atoms with van der Waals surface area (Å²) in [6.45, 7) is 6.31. The molecule has 0 radical (unpaired) electrons. The van der Waals surface area contributed by atoms with Crippen molar-refractivity contribution in [1.82, 2.24) is 20.1 Å². The van der Waals surface area contributed by atoms with Gasteiger partial charge in [0.15, 0.2) is 11.0 Å². The molecule has 2 amide bonds. The van der Waals surface area contributed by atoms with E-state index in [-0.39, 0.29) is 23.6 Å². The van der Waals surface area contributed by atoms with Crippen molar-refractivity contribution < 1.29 is 9.59 Å². The van der Waals surface area contributed by atoms with E-state index in [4.69, 9.17) is 11.6 Å². The van der Waals surface area contributed by atoms with Crippen LogP contribution in [0.3, 0.4) is 0 Å². The maximum Gasteiger partial charge on any atom is 0.251 e. The first kappa shape index (κ1) is 22.8. The van der Waals surface area contributed by atoms with E-state index in [9.17, 15) is 9.59 Å². The number of hydrogen-bond acceptors (Lipinski definition) is 5. The van der Waals surface area contributed by atoms with Crippen LogP contribution in [0.2, 0.25) is 5.02 Å². The Kier molecular flexibility index (Phi) is 7.70. The zero-order valence-electron chi connectivity index (χ0n) is 17.6. The van der Waals surface area contributed by atoms with Crippen LogP contribution < -0.4 is 10.6 Å². The average molecular weight is 458 g/mol. The predicted molar refractivity (Wildman–Crippen MR) is 124 cm³/mol. The molecular weight excluding hydrogens is 434 g/mol. The van der Waals surface area contributed by atoms with E-state index in [0.29, 0.717) is 33.8 Å². The standard InChI is InChI=1S/C22H24ClN5O2S/c1-4-28-20(15(3)24-21(30)16-9-6-5-7-10-16)26-27-22(28)31-13-19(29)25-18-12-8-11-17(23)14(18)2/h5-12,15H,4,13H2,1-3H3,(H,24,30)(H,25,29)/t15-/m1/s1. The fourth-order valence-corrected chi connectivity index (χ4v) is 4.00. The second-order valence-corrected chi connectivity index (χ2v) is 8.25. The summed E-state index contributed by atoms with van der Waals surface area (Å²) in [5.74, 6) is 0.479. The number of hydrogen-bond donors (Lipinski definition) is 2. The lowest BCUT2D eigenvalue weighted by molar-refractivity contribution is -0.113. The van der Waals surface area contributed by atoms with Crippen molar-refractivity contribution in [2.75, 3.05) is 11.1 Å². The molecule has 2 aromatic carbocycles. The molecule has 1 heterocycles. The number of anilines is 1. The molecule has 3 rings (SSSR count). The van der Waals surface area contributed by atoms with Crippen molar-refractivity contribution >= 4 is 40.9 Å². The smallest absolute Gasteiger partial charge is 0.251 e. The Morgan fingerprint density at radius 1 is 1.13 bits per heavy atom. The van der Waals surface area contributed by atoms with Crippen molar-refractivity contribution in [3.63, 3.8) is 0 Å². The SMILES string of the molecule is CCn1c(SCC(=O)Nc2cccc(Cl)c2C)nnc1[C@@H](C)NC(=O)c1ccccc1. The summed E-state index contributed by atoms with van der Waals surface area (Å²) in [4.78, 5) is 24.8. The Bertz CT molecular complexity index is 1070. The van der Waals surface area contributed by atoms with E-state index >= 15 is 0 Å². The second kappa shape index (κ2) is 10.5. The molecule has 0 aliphatic heterocycles. The molecule has 0 saturated carbocycles. The van der Waals surface area contributed by atoms with Gasteiger partial charge in [0, 0.05) is 22.8 Å². The number of aromatic nitrogens is 3. The Balaban J connectivity index is 1.63. The first-order valence-corrected chi connectivity index (χ1v) is 11.2. The third-order valence-corrected chi connectivity index (χ3v) is 6.08. The maximum absolute atomic E-state index is 12.4. The van der Waals surface area contributed by atoms with Crippen molar-refractivity contribution in [2.24, 2.45) is 0 Å². The van der Waals surface area contributed by atoms with Gasteiger partial charge in [-0.1, -0.05) is 47.6 Å². The maximum atomic E-state index is 12.4. The number of thioether (sulfide) groups is 1. The van der Waals surface area contributed by atoms with Crippen LogP contribution in [0.5, 0.6) is 0 Å². The van der Waals surface area contributed by atoms with Crippen molar-refractivity contribution in [1.29, 1.82) is 0 Å². The zero-order valence-corrected chi connectivity index (χ0v) is 19.1. The number of halogens is 1. The van der Waals surface area contributed by atoms with Crippen LogP contribution in [0.25, 0.3) is 0 Å². The molecule has 2 N–H and O–H groups in total. The second-order valence-electron chi connectivity index (χ2n) is 6.90. The van der Waals surface area contributed by atoms with E-state index in [1.807, 2.05) is 49.6 Å². The molecule has 0 aliphatic carbocycles. The molecule has 0 fully saturated rings. The third kappa shape index (κ3) is 5.65. The highest BCUT2D eigenvalue weighted by atomic mass is 35.5. The van der Waals surface area contributed by atoms with E-state index in [1.54, 1.807) is 24.3 Å². The minimum absolute atomic E-state index is 0.159. The lowest BCUT2D eigenvalue weighted by atomic mass is 10.2. The highest BCUT2D eigenvalue weighted by Crippen LogP contribution is 2.24. The molecule has 31 heavy (non-hydrogen) atoms. The number of nitrogens with zero attached hydrogens (tertiary/aromatic N) is 3. The molecule has 7 nitrogen and oxygen atoms in total. The van der Waals surface area contributed by atoms with Crippen LogP contribution in [0.15, 0.2) is 53.7 Å². The van der Waals surface area contributed by atoms with Gasteiger partial charge in [-0.2, -0.15) is 0 Å². The average Bonchev–Trinajstić information content (AvgIpc) is 3.19. The largest absolute Gasteiger partial charge is 0.342 e. The molecule has 0 bridgehead atoms. The van der Waals surface area contributed by atoms with Gasteiger partial charge in [-0.25, -0.2) is 0 Å². The van der Waals surface area contributed by atoms with E-state index in [0.717, 1.165) is 5.56 Å². The van der Waals surface area contributed by atoms with Crippen LogP contribution in [-0.4, -0.2) is 32.3 Å². The van der Waals surface area contributed by atoms with Gasteiger partial charge in [-0.15, -0.1) is 10.2 Å². The minimum Gasteiger partial charge on any atom is -0.342 e.